The first-order chi connectivity index (χ1) is 6.86. The van der Waals surface area contributed by atoms with Crippen LogP contribution in [0.25, 0.3) is 10.4 Å². The summed E-state index contributed by atoms with van der Waals surface area (Å²) in [4.78, 5) is 5.11. The number of hydrogen-bond donors (Lipinski definition) is 1. The number of azide groups is 1. The van der Waals surface area contributed by atoms with Gasteiger partial charge in [-0.1, -0.05) is 5.11 Å². The second kappa shape index (κ2) is 6.65. The van der Waals surface area contributed by atoms with Crippen LogP contribution in [0.4, 0.5) is 0 Å². The van der Waals surface area contributed by atoms with E-state index in [2.05, 4.69) is 14.9 Å². The van der Waals surface area contributed by atoms with E-state index in [-0.39, 0.29) is 0 Å². The van der Waals surface area contributed by atoms with Crippen molar-refractivity contribution in [3.63, 3.8) is 0 Å². The Morgan fingerprint density at radius 3 is 2.71 bits per heavy atom. The summed E-state index contributed by atoms with van der Waals surface area (Å²) < 4.78 is 0. The van der Waals surface area contributed by atoms with Gasteiger partial charge in [0.25, 0.3) is 0 Å². The molecule has 0 aromatic carbocycles. The van der Waals surface area contributed by atoms with E-state index in [0.717, 1.165) is 38.5 Å². The largest absolute Gasteiger partial charge is 0.330 e. The standard InChI is InChI=1S/C9H19N5/c10-4-1-9-2-6-14(7-3-9)8-5-12-13-11/h9H,1-8,10H2. The van der Waals surface area contributed by atoms with Crippen molar-refractivity contribution < 1.29 is 0 Å². The van der Waals surface area contributed by atoms with Crippen LogP contribution in [0.2, 0.25) is 0 Å². The molecule has 2 N–H and O–H groups in total. The van der Waals surface area contributed by atoms with E-state index in [0.29, 0.717) is 6.54 Å². The highest BCUT2D eigenvalue weighted by molar-refractivity contribution is 4.72. The van der Waals surface area contributed by atoms with Crippen molar-refractivity contribution in [2.24, 2.45) is 16.8 Å². The van der Waals surface area contributed by atoms with Crippen molar-refractivity contribution in [3.05, 3.63) is 10.4 Å². The number of hydrogen-bond acceptors (Lipinski definition) is 3. The highest BCUT2D eigenvalue weighted by Gasteiger charge is 2.17. The summed E-state index contributed by atoms with van der Waals surface area (Å²) in [5.74, 6) is 0.815. The van der Waals surface area contributed by atoms with Gasteiger partial charge in [-0.3, -0.25) is 0 Å². The predicted octanol–water partition coefficient (Wildman–Crippen LogP) is 1.36. The Morgan fingerprint density at radius 1 is 1.43 bits per heavy atom. The summed E-state index contributed by atoms with van der Waals surface area (Å²) >= 11 is 0. The van der Waals surface area contributed by atoms with Crippen molar-refractivity contribution in [2.75, 3.05) is 32.7 Å². The molecule has 0 bridgehead atoms. The number of rotatable bonds is 5. The minimum atomic E-state index is 0.595. The van der Waals surface area contributed by atoms with E-state index in [4.69, 9.17) is 11.3 Å². The SMILES string of the molecule is [N-]=[N+]=NCCN1CCC(CCN)CC1. The number of piperidine rings is 1. The van der Waals surface area contributed by atoms with Crippen LogP contribution in [0, 0.1) is 5.92 Å². The summed E-state index contributed by atoms with van der Waals surface area (Å²) in [5, 5.41) is 3.54. The van der Waals surface area contributed by atoms with Gasteiger partial charge in [-0.05, 0) is 50.3 Å². The topological polar surface area (TPSA) is 78.0 Å². The molecular formula is C9H19N5. The Kier molecular flexibility index (Phi) is 5.37. The van der Waals surface area contributed by atoms with Crippen LogP contribution in [0.5, 0.6) is 0 Å². The van der Waals surface area contributed by atoms with Crippen LogP contribution >= 0.6 is 0 Å². The lowest BCUT2D eigenvalue weighted by molar-refractivity contribution is 0.184. The first-order valence-electron chi connectivity index (χ1n) is 5.30. The number of likely N-dealkylation sites (tertiary alicyclic amines) is 1. The molecule has 0 aromatic rings. The Morgan fingerprint density at radius 2 is 2.14 bits per heavy atom. The Labute approximate surface area is 84.9 Å². The summed E-state index contributed by atoms with van der Waals surface area (Å²) in [7, 11) is 0. The van der Waals surface area contributed by atoms with Gasteiger partial charge in [0.15, 0.2) is 0 Å². The van der Waals surface area contributed by atoms with Gasteiger partial charge in [0.1, 0.15) is 0 Å². The third kappa shape index (κ3) is 3.96. The normalized spacial score (nSPS) is 19.2. The van der Waals surface area contributed by atoms with E-state index in [9.17, 15) is 0 Å². The molecule has 5 heteroatoms. The third-order valence-electron chi connectivity index (χ3n) is 2.86. The zero-order valence-corrected chi connectivity index (χ0v) is 8.60. The molecule has 5 nitrogen and oxygen atoms in total. The van der Waals surface area contributed by atoms with Gasteiger partial charge in [-0.25, -0.2) is 0 Å². The van der Waals surface area contributed by atoms with Gasteiger partial charge in [-0.15, -0.1) is 0 Å². The van der Waals surface area contributed by atoms with Crippen molar-refractivity contribution in [2.45, 2.75) is 19.3 Å². The molecule has 1 rings (SSSR count). The molecular weight excluding hydrogens is 178 g/mol. The maximum atomic E-state index is 8.13. The molecule has 0 aliphatic carbocycles. The van der Waals surface area contributed by atoms with Gasteiger partial charge in [0.05, 0.1) is 0 Å². The minimum Gasteiger partial charge on any atom is -0.330 e. The van der Waals surface area contributed by atoms with Gasteiger partial charge in [0, 0.05) is 18.0 Å². The summed E-state index contributed by atoms with van der Waals surface area (Å²) in [5.41, 5.74) is 13.7. The molecule has 0 radical (unpaired) electrons. The van der Waals surface area contributed by atoms with Crippen LogP contribution < -0.4 is 5.73 Å². The van der Waals surface area contributed by atoms with Crippen molar-refractivity contribution in [3.8, 4) is 0 Å². The third-order valence-corrected chi connectivity index (χ3v) is 2.86. The maximum Gasteiger partial charge on any atom is 0.0385 e. The molecule has 80 valence electrons. The highest BCUT2D eigenvalue weighted by atomic mass is 15.2. The molecule has 1 aliphatic rings. The lowest BCUT2D eigenvalue weighted by Crippen LogP contribution is -2.35. The Hall–Kier alpha value is -0.770. The highest BCUT2D eigenvalue weighted by Crippen LogP contribution is 2.19. The van der Waals surface area contributed by atoms with E-state index in [1.165, 1.54) is 12.8 Å². The quantitative estimate of drug-likeness (QED) is 0.410. The van der Waals surface area contributed by atoms with Crippen LogP contribution in [-0.4, -0.2) is 37.6 Å². The lowest BCUT2D eigenvalue weighted by atomic mass is 9.94. The van der Waals surface area contributed by atoms with Crippen LogP contribution in [-0.2, 0) is 0 Å². The maximum absolute atomic E-state index is 8.13. The van der Waals surface area contributed by atoms with Gasteiger partial charge in [0.2, 0.25) is 0 Å². The average molecular weight is 197 g/mol. The lowest BCUT2D eigenvalue weighted by Gasteiger charge is -2.31. The summed E-state index contributed by atoms with van der Waals surface area (Å²) in [6, 6.07) is 0. The fourth-order valence-corrected chi connectivity index (χ4v) is 1.97. The number of nitrogens with zero attached hydrogens (tertiary/aromatic N) is 4. The summed E-state index contributed by atoms with van der Waals surface area (Å²) in [6.07, 6.45) is 3.64. The predicted molar refractivity (Wildman–Crippen MR) is 56.8 cm³/mol. The molecule has 0 aromatic heterocycles. The summed E-state index contributed by atoms with van der Waals surface area (Å²) in [6.45, 7) is 4.57. The fraction of sp³-hybridized carbons (Fsp3) is 1.00. The monoisotopic (exact) mass is 197 g/mol. The van der Waals surface area contributed by atoms with Crippen molar-refractivity contribution >= 4 is 0 Å². The van der Waals surface area contributed by atoms with E-state index in [1.807, 2.05) is 0 Å². The zero-order chi connectivity index (χ0) is 10.2. The smallest absolute Gasteiger partial charge is 0.0385 e. The molecule has 0 unspecified atom stereocenters. The second-order valence-electron chi connectivity index (χ2n) is 3.82. The Bertz CT molecular complexity index is 191. The first-order valence-corrected chi connectivity index (χ1v) is 5.30. The van der Waals surface area contributed by atoms with Crippen LogP contribution in [0.15, 0.2) is 5.11 Å². The van der Waals surface area contributed by atoms with Gasteiger partial charge in [-0.2, -0.15) is 0 Å². The minimum absolute atomic E-state index is 0.595. The van der Waals surface area contributed by atoms with E-state index >= 15 is 0 Å². The molecule has 1 saturated heterocycles. The van der Waals surface area contributed by atoms with Gasteiger partial charge >= 0.3 is 0 Å². The van der Waals surface area contributed by atoms with Gasteiger partial charge < -0.3 is 10.6 Å². The van der Waals surface area contributed by atoms with E-state index < -0.39 is 0 Å². The van der Waals surface area contributed by atoms with E-state index in [1.54, 1.807) is 0 Å². The molecule has 14 heavy (non-hydrogen) atoms. The van der Waals surface area contributed by atoms with Crippen molar-refractivity contribution in [1.82, 2.24) is 4.90 Å². The second-order valence-corrected chi connectivity index (χ2v) is 3.82. The number of nitrogens with two attached hydrogens (primary N) is 1. The molecule has 1 fully saturated rings. The molecule has 1 aliphatic heterocycles. The molecule has 0 spiro atoms. The molecule has 0 atom stereocenters. The molecule has 0 saturated carbocycles. The Balaban J connectivity index is 2.12. The molecule has 1 heterocycles. The van der Waals surface area contributed by atoms with Crippen molar-refractivity contribution in [1.29, 1.82) is 0 Å². The van der Waals surface area contributed by atoms with Crippen LogP contribution in [0.1, 0.15) is 19.3 Å². The average Bonchev–Trinajstić information content (AvgIpc) is 2.21. The fourth-order valence-electron chi connectivity index (χ4n) is 1.97. The zero-order valence-electron chi connectivity index (χ0n) is 8.60. The molecule has 0 amide bonds. The first kappa shape index (κ1) is 11.3. The van der Waals surface area contributed by atoms with Crippen LogP contribution in [0.3, 0.4) is 0 Å².